The van der Waals surface area contributed by atoms with Crippen LogP contribution < -0.4 is 10.9 Å². The van der Waals surface area contributed by atoms with Gasteiger partial charge in [0.15, 0.2) is 0 Å². The number of hydrogen-bond donors (Lipinski definition) is 1. The van der Waals surface area contributed by atoms with Crippen molar-refractivity contribution in [2.75, 3.05) is 0 Å². The van der Waals surface area contributed by atoms with Gasteiger partial charge in [0.05, 0.1) is 8.80 Å². The first kappa shape index (κ1) is 12.8. The minimum absolute atomic E-state index is 0.634. The monoisotopic (exact) mass is 289 g/mol. The highest BCUT2D eigenvalue weighted by molar-refractivity contribution is 6.71. The normalized spacial score (nSPS) is 12.2. The molecule has 0 saturated heterocycles. The summed E-state index contributed by atoms with van der Waals surface area (Å²) in [6.45, 7) is 5.40. The van der Waals surface area contributed by atoms with Crippen LogP contribution in [0.25, 0.3) is 32.3 Å². The van der Waals surface area contributed by atoms with Crippen molar-refractivity contribution in [1.82, 2.24) is 0 Å². The molecule has 4 rings (SSSR count). The van der Waals surface area contributed by atoms with Crippen LogP contribution in [0, 0.1) is 0 Å². The molecule has 0 bridgehead atoms. The van der Waals surface area contributed by atoms with E-state index in [2.05, 4.69) is 61.6 Å². The first-order valence-corrected chi connectivity index (χ1v) is 10.5. The van der Waals surface area contributed by atoms with Crippen molar-refractivity contribution >= 4 is 46.3 Å². The molecule has 4 aromatic carbocycles. The zero-order chi connectivity index (χ0) is 14.6. The molecule has 2 N–H and O–H groups in total. The maximum Gasteiger partial charge on any atom is 0.0652 e. The lowest BCUT2D eigenvalue weighted by atomic mass is 9.92. The van der Waals surface area contributed by atoms with E-state index < -0.39 is 8.80 Å². The summed E-state index contributed by atoms with van der Waals surface area (Å²) in [5.74, 6) is 0. The van der Waals surface area contributed by atoms with Gasteiger partial charge in [-0.1, -0.05) is 66.8 Å². The highest BCUT2D eigenvalue weighted by Gasteiger charge is 2.15. The van der Waals surface area contributed by atoms with Crippen LogP contribution in [0.3, 0.4) is 0 Å². The third kappa shape index (κ3) is 1.73. The fourth-order valence-electron chi connectivity index (χ4n) is 3.63. The fraction of sp³-hybridized carbons (Fsp3) is 0.158. The topological polar surface area (TPSA) is 26.0 Å². The molecule has 0 saturated carbocycles. The predicted octanol–water partition coefficient (Wildman–Crippen LogP) is 3.74. The average Bonchev–Trinajstić information content (AvgIpc) is 2.51. The molecule has 104 valence electrons. The lowest BCUT2D eigenvalue weighted by molar-refractivity contribution is 1.10. The van der Waals surface area contributed by atoms with Crippen molar-refractivity contribution in [3.05, 3.63) is 54.1 Å². The van der Waals surface area contributed by atoms with Gasteiger partial charge in [0.2, 0.25) is 0 Å². The smallest absolute Gasteiger partial charge is 0.0652 e. The quantitative estimate of drug-likeness (QED) is 0.441. The van der Waals surface area contributed by atoms with Crippen molar-refractivity contribution in [2.45, 2.75) is 19.6 Å². The molecular formula is C19H19NSi. The van der Waals surface area contributed by atoms with E-state index in [1.54, 1.807) is 0 Å². The zero-order valence-corrected chi connectivity index (χ0v) is 13.6. The maximum absolute atomic E-state index is 6.11. The van der Waals surface area contributed by atoms with E-state index >= 15 is 0 Å². The number of benzene rings is 4. The second-order valence-electron chi connectivity index (χ2n) is 6.16. The van der Waals surface area contributed by atoms with Crippen molar-refractivity contribution in [3.63, 3.8) is 0 Å². The Morgan fingerprint density at radius 2 is 1.52 bits per heavy atom. The van der Waals surface area contributed by atoms with Crippen LogP contribution in [0.4, 0.5) is 0 Å². The molecule has 4 aromatic rings. The number of rotatable bonds is 2. The molecule has 2 heteroatoms. The van der Waals surface area contributed by atoms with Gasteiger partial charge in [-0.05, 0) is 37.9 Å². The van der Waals surface area contributed by atoms with E-state index in [0.717, 1.165) is 0 Å². The largest absolute Gasteiger partial charge is 0.326 e. The molecule has 0 amide bonds. The molecule has 1 nitrogen and oxygen atoms in total. The second-order valence-corrected chi connectivity index (χ2v) is 9.09. The van der Waals surface area contributed by atoms with Crippen LogP contribution in [0.5, 0.6) is 0 Å². The number of nitrogens with two attached hydrogens (primary N) is 1. The minimum atomic E-state index is -0.891. The molecule has 0 spiro atoms. The molecule has 0 radical (unpaired) electrons. The van der Waals surface area contributed by atoms with Crippen LogP contribution in [0.1, 0.15) is 5.56 Å². The first-order chi connectivity index (χ1) is 10.2. The van der Waals surface area contributed by atoms with Crippen molar-refractivity contribution in [2.24, 2.45) is 5.73 Å². The second kappa shape index (κ2) is 4.55. The van der Waals surface area contributed by atoms with Gasteiger partial charge in [-0.2, -0.15) is 0 Å². The summed E-state index contributed by atoms with van der Waals surface area (Å²) in [6.07, 6.45) is 0. The lowest BCUT2D eigenvalue weighted by Gasteiger charge is -2.18. The van der Waals surface area contributed by atoms with E-state index in [9.17, 15) is 0 Å². The predicted molar refractivity (Wildman–Crippen MR) is 96.5 cm³/mol. The highest BCUT2D eigenvalue weighted by atomic mass is 28.3. The van der Waals surface area contributed by atoms with Crippen LogP contribution in [-0.4, -0.2) is 8.80 Å². The SMILES string of the molecule is C[SiH](C)c1cc2ccc3cccc4ccc(c1CN)c2c34. The van der Waals surface area contributed by atoms with Crippen molar-refractivity contribution in [3.8, 4) is 0 Å². The van der Waals surface area contributed by atoms with E-state index in [0.29, 0.717) is 6.54 Å². The van der Waals surface area contributed by atoms with Gasteiger partial charge >= 0.3 is 0 Å². The molecule has 0 atom stereocenters. The van der Waals surface area contributed by atoms with Crippen molar-refractivity contribution in [1.29, 1.82) is 0 Å². The third-order valence-electron chi connectivity index (χ3n) is 4.62. The van der Waals surface area contributed by atoms with E-state index in [-0.39, 0.29) is 0 Å². The summed E-state index contributed by atoms with van der Waals surface area (Å²) in [7, 11) is -0.891. The van der Waals surface area contributed by atoms with E-state index in [1.165, 1.54) is 43.1 Å². The Morgan fingerprint density at radius 1 is 0.857 bits per heavy atom. The Kier molecular flexibility index (Phi) is 2.78. The van der Waals surface area contributed by atoms with Gasteiger partial charge < -0.3 is 5.73 Å². The Hall–Kier alpha value is -1.90. The van der Waals surface area contributed by atoms with Gasteiger partial charge in [0, 0.05) is 6.54 Å². The average molecular weight is 289 g/mol. The van der Waals surface area contributed by atoms with Gasteiger partial charge in [-0.15, -0.1) is 0 Å². The van der Waals surface area contributed by atoms with E-state index in [4.69, 9.17) is 5.73 Å². The molecule has 0 aliphatic carbocycles. The van der Waals surface area contributed by atoms with Crippen LogP contribution in [0.15, 0.2) is 48.5 Å². The summed E-state index contributed by atoms with van der Waals surface area (Å²) in [6, 6.07) is 18.0. The molecule has 0 aliphatic rings. The molecular weight excluding hydrogens is 270 g/mol. The van der Waals surface area contributed by atoms with E-state index in [1.807, 2.05) is 0 Å². The molecule has 0 fully saturated rings. The minimum Gasteiger partial charge on any atom is -0.326 e. The molecule has 0 heterocycles. The zero-order valence-electron chi connectivity index (χ0n) is 12.5. The summed E-state index contributed by atoms with van der Waals surface area (Å²) in [4.78, 5) is 0. The molecule has 21 heavy (non-hydrogen) atoms. The van der Waals surface area contributed by atoms with Crippen LogP contribution >= 0.6 is 0 Å². The molecule has 0 aromatic heterocycles. The Balaban J connectivity index is 2.31. The summed E-state index contributed by atoms with van der Waals surface area (Å²) >= 11 is 0. The van der Waals surface area contributed by atoms with Gasteiger partial charge in [0.25, 0.3) is 0 Å². The highest BCUT2D eigenvalue weighted by Crippen LogP contribution is 2.35. The number of hydrogen-bond acceptors (Lipinski definition) is 1. The first-order valence-electron chi connectivity index (χ1n) is 7.60. The van der Waals surface area contributed by atoms with Gasteiger partial charge in [-0.3, -0.25) is 0 Å². The third-order valence-corrected chi connectivity index (χ3v) is 6.38. The van der Waals surface area contributed by atoms with Crippen LogP contribution in [0.2, 0.25) is 13.1 Å². The Morgan fingerprint density at radius 3 is 2.19 bits per heavy atom. The molecule has 0 unspecified atom stereocenters. The standard InChI is InChI=1S/C19H19NSi/c1-21(2)17-10-14-7-6-12-4-3-5-13-8-9-15(16(17)11-20)19(14)18(12)13/h3-10,21H,11,20H2,1-2H3. The van der Waals surface area contributed by atoms with Crippen LogP contribution in [-0.2, 0) is 6.54 Å². The summed E-state index contributed by atoms with van der Waals surface area (Å²) in [5, 5.41) is 9.66. The van der Waals surface area contributed by atoms with Gasteiger partial charge in [-0.25, -0.2) is 0 Å². The Labute approximate surface area is 126 Å². The molecule has 0 aliphatic heterocycles. The Bertz CT molecular complexity index is 940. The van der Waals surface area contributed by atoms with Gasteiger partial charge in [0.1, 0.15) is 0 Å². The summed E-state index contributed by atoms with van der Waals surface area (Å²) < 4.78 is 0. The summed E-state index contributed by atoms with van der Waals surface area (Å²) in [5.41, 5.74) is 7.47. The fourth-order valence-corrected chi connectivity index (χ4v) is 5.12. The lowest BCUT2D eigenvalue weighted by Crippen LogP contribution is -2.28. The van der Waals surface area contributed by atoms with Crippen molar-refractivity contribution < 1.29 is 0 Å². The maximum atomic E-state index is 6.11.